The molecule has 1 N–H and O–H groups in total. The molecule has 1 aromatic carbocycles. The first-order valence-corrected chi connectivity index (χ1v) is 7.72. The van der Waals surface area contributed by atoms with Crippen LogP contribution in [0.2, 0.25) is 5.02 Å². The maximum atomic E-state index is 12.1. The van der Waals surface area contributed by atoms with E-state index in [1.165, 1.54) is 0 Å². The van der Waals surface area contributed by atoms with Crippen molar-refractivity contribution >= 4 is 23.3 Å². The molecule has 2 aromatic rings. The van der Waals surface area contributed by atoms with E-state index in [4.69, 9.17) is 16.3 Å². The van der Waals surface area contributed by atoms with Crippen molar-refractivity contribution in [2.75, 3.05) is 18.5 Å². The quantitative estimate of drug-likeness (QED) is 0.922. The van der Waals surface area contributed by atoms with Gasteiger partial charge >= 0.3 is 0 Å². The molecular weight excluding hydrogens is 302 g/mol. The molecule has 1 aliphatic heterocycles. The Kier molecular flexibility index (Phi) is 4.75. The summed E-state index contributed by atoms with van der Waals surface area (Å²) in [6, 6.07) is 9.10. The summed E-state index contributed by atoms with van der Waals surface area (Å²) in [6.45, 7) is 2.34. The fraction of sp³-hybridized carbons (Fsp3) is 0.375. The molecule has 5 nitrogen and oxygen atoms in total. The van der Waals surface area contributed by atoms with E-state index < -0.39 is 0 Å². The van der Waals surface area contributed by atoms with E-state index in [2.05, 4.69) is 10.4 Å². The molecule has 0 radical (unpaired) electrons. The van der Waals surface area contributed by atoms with Gasteiger partial charge in [-0.25, -0.2) is 4.68 Å². The number of aromatic nitrogens is 2. The summed E-state index contributed by atoms with van der Waals surface area (Å²) in [4.78, 5) is 12.1. The Hall–Kier alpha value is -1.85. The highest BCUT2D eigenvalue weighted by molar-refractivity contribution is 6.30. The number of benzene rings is 1. The Labute approximate surface area is 134 Å². The van der Waals surface area contributed by atoms with Gasteiger partial charge in [-0.15, -0.1) is 0 Å². The lowest BCUT2D eigenvalue weighted by Gasteiger charge is -2.12. The molecule has 0 aliphatic carbocycles. The summed E-state index contributed by atoms with van der Waals surface area (Å²) in [7, 11) is 0. The van der Waals surface area contributed by atoms with Gasteiger partial charge in [-0.1, -0.05) is 23.7 Å². The Morgan fingerprint density at radius 1 is 1.36 bits per heavy atom. The van der Waals surface area contributed by atoms with Gasteiger partial charge in [-0.2, -0.15) is 5.10 Å². The van der Waals surface area contributed by atoms with Crippen LogP contribution in [0.5, 0.6) is 0 Å². The fourth-order valence-electron chi connectivity index (χ4n) is 2.53. The number of carbonyl (C=O) groups is 1. The molecular formula is C16H18ClN3O2. The Balaban J connectivity index is 1.59. The highest BCUT2D eigenvalue weighted by Crippen LogP contribution is 2.17. The van der Waals surface area contributed by atoms with Gasteiger partial charge in [0.15, 0.2) is 0 Å². The summed E-state index contributed by atoms with van der Waals surface area (Å²) in [6.07, 6.45) is 3.06. The van der Waals surface area contributed by atoms with Crippen LogP contribution in [-0.4, -0.2) is 28.9 Å². The monoisotopic (exact) mass is 319 g/mol. The SMILES string of the molecule is O=C(Cc1ccc(Cl)cc1)Nc1ccnn1C[C@@H]1CCOC1. The number of nitrogens with one attached hydrogen (secondary N) is 1. The van der Waals surface area contributed by atoms with Gasteiger partial charge in [-0.3, -0.25) is 4.79 Å². The molecule has 0 spiro atoms. The van der Waals surface area contributed by atoms with Crippen LogP contribution >= 0.6 is 11.6 Å². The molecule has 1 fully saturated rings. The molecule has 1 amide bonds. The van der Waals surface area contributed by atoms with Crippen molar-refractivity contribution in [2.24, 2.45) is 5.92 Å². The van der Waals surface area contributed by atoms with E-state index in [1.54, 1.807) is 18.3 Å². The average Bonchev–Trinajstić information content (AvgIpc) is 3.15. The molecule has 1 aromatic heterocycles. The van der Waals surface area contributed by atoms with Gasteiger partial charge in [0.25, 0.3) is 0 Å². The van der Waals surface area contributed by atoms with Crippen LogP contribution in [0.15, 0.2) is 36.5 Å². The molecule has 3 rings (SSSR count). The zero-order chi connectivity index (χ0) is 15.4. The number of anilines is 1. The van der Waals surface area contributed by atoms with Gasteiger partial charge < -0.3 is 10.1 Å². The number of carbonyl (C=O) groups excluding carboxylic acids is 1. The molecule has 22 heavy (non-hydrogen) atoms. The van der Waals surface area contributed by atoms with Crippen LogP contribution < -0.4 is 5.32 Å². The van der Waals surface area contributed by atoms with E-state index >= 15 is 0 Å². The van der Waals surface area contributed by atoms with Crippen molar-refractivity contribution < 1.29 is 9.53 Å². The van der Waals surface area contributed by atoms with Crippen LogP contribution in [0.25, 0.3) is 0 Å². The third-order valence-corrected chi connectivity index (χ3v) is 3.97. The molecule has 0 saturated carbocycles. The second-order valence-electron chi connectivity index (χ2n) is 5.48. The molecule has 2 heterocycles. The standard InChI is InChI=1S/C16H18ClN3O2/c17-14-3-1-12(2-4-14)9-16(21)19-15-5-7-18-20(15)10-13-6-8-22-11-13/h1-5,7,13H,6,8-11H2,(H,19,21)/t13-/m0/s1. The highest BCUT2D eigenvalue weighted by Gasteiger charge is 2.18. The lowest BCUT2D eigenvalue weighted by atomic mass is 10.1. The van der Waals surface area contributed by atoms with Crippen LogP contribution in [0.4, 0.5) is 5.82 Å². The molecule has 116 valence electrons. The number of rotatable bonds is 5. The van der Waals surface area contributed by atoms with Crippen molar-refractivity contribution in [2.45, 2.75) is 19.4 Å². The number of nitrogens with zero attached hydrogens (tertiary/aromatic N) is 2. The van der Waals surface area contributed by atoms with Crippen molar-refractivity contribution in [3.63, 3.8) is 0 Å². The van der Waals surface area contributed by atoms with E-state index in [0.717, 1.165) is 37.6 Å². The van der Waals surface area contributed by atoms with Crippen molar-refractivity contribution in [1.29, 1.82) is 0 Å². The lowest BCUT2D eigenvalue weighted by Crippen LogP contribution is -2.20. The lowest BCUT2D eigenvalue weighted by molar-refractivity contribution is -0.115. The number of halogens is 1. The predicted octanol–water partition coefficient (Wildman–Crippen LogP) is 2.75. The average molecular weight is 320 g/mol. The largest absolute Gasteiger partial charge is 0.381 e. The Bertz CT molecular complexity index is 633. The van der Waals surface area contributed by atoms with Gasteiger partial charge in [0.1, 0.15) is 5.82 Å². The summed E-state index contributed by atoms with van der Waals surface area (Å²) < 4.78 is 7.21. The van der Waals surface area contributed by atoms with Crippen molar-refractivity contribution in [3.05, 3.63) is 47.1 Å². The summed E-state index contributed by atoms with van der Waals surface area (Å²) in [5.74, 6) is 1.13. The number of amides is 1. The fourth-order valence-corrected chi connectivity index (χ4v) is 2.66. The predicted molar refractivity (Wildman–Crippen MR) is 84.9 cm³/mol. The normalized spacial score (nSPS) is 17.6. The maximum Gasteiger partial charge on any atom is 0.229 e. The van der Waals surface area contributed by atoms with Gasteiger partial charge in [0.05, 0.1) is 19.2 Å². The summed E-state index contributed by atoms with van der Waals surface area (Å²) >= 11 is 5.84. The highest BCUT2D eigenvalue weighted by atomic mass is 35.5. The molecule has 1 saturated heterocycles. The number of ether oxygens (including phenoxy) is 1. The Morgan fingerprint density at radius 2 is 2.18 bits per heavy atom. The minimum atomic E-state index is -0.0632. The molecule has 1 atom stereocenters. The summed E-state index contributed by atoms with van der Waals surface area (Å²) in [5.41, 5.74) is 0.928. The summed E-state index contributed by atoms with van der Waals surface area (Å²) in [5, 5.41) is 7.86. The second kappa shape index (κ2) is 6.94. The topological polar surface area (TPSA) is 56.2 Å². The third kappa shape index (κ3) is 3.87. The number of hydrogen-bond donors (Lipinski definition) is 1. The van der Waals surface area contributed by atoms with E-state index in [0.29, 0.717) is 17.4 Å². The smallest absolute Gasteiger partial charge is 0.229 e. The first-order valence-electron chi connectivity index (χ1n) is 7.34. The zero-order valence-corrected chi connectivity index (χ0v) is 12.9. The number of hydrogen-bond acceptors (Lipinski definition) is 3. The van der Waals surface area contributed by atoms with E-state index in [9.17, 15) is 4.79 Å². The van der Waals surface area contributed by atoms with Crippen LogP contribution in [0, 0.1) is 5.92 Å². The van der Waals surface area contributed by atoms with Gasteiger partial charge in [-0.05, 0) is 24.1 Å². The minimum absolute atomic E-state index is 0.0632. The molecule has 0 bridgehead atoms. The van der Waals surface area contributed by atoms with Crippen LogP contribution in [0.3, 0.4) is 0 Å². The van der Waals surface area contributed by atoms with Crippen molar-refractivity contribution in [1.82, 2.24) is 9.78 Å². The van der Waals surface area contributed by atoms with Gasteiger partial charge in [0, 0.05) is 30.2 Å². The second-order valence-corrected chi connectivity index (χ2v) is 5.92. The van der Waals surface area contributed by atoms with E-state index in [-0.39, 0.29) is 5.91 Å². The third-order valence-electron chi connectivity index (χ3n) is 3.72. The van der Waals surface area contributed by atoms with Crippen LogP contribution in [-0.2, 0) is 22.5 Å². The zero-order valence-electron chi connectivity index (χ0n) is 12.2. The van der Waals surface area contributed by atoms with E-state index in [1.807, 2.05) is 22.9 Å². The molecule has 0 unspecified atom stereocenters. The van der Waals surface area contributed by atoms with Crippen molar-refractivity contribution in [3.8, 4) is 0 Å². The Morgan fingerprint density at radius 3 is 2.91 bits per heavy atom. The first kappa shape index (κ1) is 15.1. The minimum Gasteiger partial charge on any atom is -0.381 e. The van der Waals surface area contributed by atoms with Crippen LogP contribution in [0.1, 0.15) is 12.0 Å². The van der Waals surface area contributed by atoms with Gasteiger partial charge in [0.2, 0.25) is 5.91 Å². The molecule has 6 heteroatoms. The first-order chi connectivity index (χ1) is 10.7. The molecule has 1 aliphatic rings. The maximum absolute atomic E-state index is 12.1.